The van der Waals surface area contributed by atoms with Gasteiger partial charge in [0, 0.05) is 19.3 Å². The van der Waals surface area contributed by atoms with Crippen LogP contribution in [0.25, 0.3) is 0 Å². The predicted molar refractivity (Wildman–Crippen MR) is 97.1 cm³/mol. The molecular weight excluding hydrogens is 298 g/mol. The Balaban J connectivity index is 1.37. The van der Waals surface area contributed by atoms with Crippen LogP contribution in [0.15, 0.2) is 48.7 Å². The molecule has 0 fully saturated rings. The standard InChI is InChI=1S/C20H25N3O/c24-20(18-11-7-9-16-8-1-2-10-17(16)18)23-15-6-5-14-22-19-12-3-4-13-21-19/h1-4,8,10,12-13,18H,5-7,9,11,14-15H2,(H,21,22)(H,23,24). The van der Waals surface area contributed by atoms with Gasteiger partial charge >= 0.3 is 0 Å². The molecular formula is C20H25N3O. The Labute approximate surface area is 143 Å². The van der Waals surface area contributed by atoms with E-state index in [1.807, 2.05) is 24.3 Å². The number of unbranched alkanes of at least 4 members (excludes halogenated alkanes) is 1. The number of pyridine rings is 1. The number of aromatic nitrogens is 1. The summed E-state index contributed by atoms with van der Waals surface area (Å²) in [6.07, 6.45) is 6.93. The first-order chi connectivity index (χ1) is 11.8. The first-order valence-electron chi connectivity index (χ1n) is 8.85. The molecule has 2 N–H and O–H groups in total. The maximum Gasteiger partial charge on any atom is 0.227 e. The lowest BCUT2D eigenvalue weighted by molar-refractivity contribution is -0.122. The van der Waals surface area contributed by atoms with Crippen molar-refractivity contribution in [3.05, 3.63) is 59.8 Å². The van der Waals surface area contributed by atoms with Crippen molar-refractivity contribution >= 4 is 11.7 Å². The van der Waals surface area contributed by atoms with E-state index < -0.39 is 0 Å². The molecule has 1 unspecified atom stereocenters. The van der Waals surface area contributed by atoms with Gasteiger partial charge in [-0.15, -0.1) is 0 Å². The largest absolute Gasteiger partial charge is 0.370 e. The molecule has 1 heterocycles. The van der Waals surface area contributed by atoms with Crippen molar-refractivity contribution in [3.8, 4) is 0 Å². The van der Waals surface area contributed by atoms with E-state index in [2.05, 4.69) is 33.8 Å². The Kier molecular flexibility index (Phi) is 5.83. The second-order valence-corrected chi connectivity index (χ2v) is 6.28. The van der Waals surface area contributed by atoms with E-state index in [1.54, 1.807) is 6.20 Å². The monoisotopic (exact) mass is 323 g/mol. The Bertz CT molecular complexity index is 657. The smallest absolute Gasteiger partial charge is 0.227 e. The Hall–Kier alpha value is -2.36. The Morgan fingerprint density at radius 3 is 2.79 bits per heavy atom. The van der Waals surface area contributed by atoms with E-state index >= 15 is 0 Å². The van der Waals surface area contributed by atoms with Crippen molar-refractivity contribution in [3.63, 3.8) is 0 Å². The van der Waals surface area contributed by atoms with Crippen LogP contribution in [0.2, 0.25) is 0 Å². The van der Waals surface area contributed by atoms with E-state index in [9.17, 15) is 4.79 Å². The summed E-state index contributed by atoms with van der Waals surface area (Å²) in [5.74, 6) is 1.11. The number of amides is 1. The van der Waals surface area contributed by atoms with Crippen LogP contribution in [-0.2, 0) is 11.2 Å². The van der Waals surface area contributed by atoms with Crippen LogP contribution in [0, 0.1) is 0 Å². The van der Waals surface area contributed by atoms with Crippen LogP contribution in [0.3, 0.4) is 0 Å². The van der Waals surface area contributed by atoms with Crippen molar-refractivity contribution < 1.29 is 4.79 Å². The lowest BCUT2D eigenvalue weighted by Gasteiger charge is -2.24. The van der Waals surface area contributed by atoms with Gasteiger partial charge in [-0.3, -0.25) is 4.79 Å². The van der Waals surface area contributed by atoms with Gasteiger partial charge in [-0.25, -0.2) is 4.98 Å². The normalized spacial score (nSPS) is 16.2. The average Bonchev–Trinajstić information content (AvgIpc) is 2.64. The van der Waals surface area contributed by atoms with Gasteiger partial charge in [0.1, 0.15) is 5.82 Å². The van der Waals surface area contributed by atoms with Crippen LogP contribution in [0.5, 0.6) is 0 Å². The molecule has 0 radical (unpaired) electrons. The molecule has 1 aliphatic carbocycles. The van der Waals surface area contributed by atoms with Crippen molar-refractivity contribution in [2.24, 2.45) is 0 Å². The summed E-state index contributed by atoms with van der Waals surface area (Å²) in [4.78, 5) is 16.7. The first-order valence-corrected chi connectivity index (χ1v) is 8.85. The van der Waals surface area contributed by atoms with Crippen LogP contribution in [-0.4, -0.2) is 24.0 Å². The van der Waals surface area contributed by atoms with Crippen molar-refractivity contribution in [1.82, 2.24) is 10.3 Å². The van der Waals surface area contributed by atoms with Gasteiger partial charge in [0.25, 0.3) is 0 Å². The molecule has 1 atom stereocenters. The molecule has 0 aliphatic heterocycles. The maximum absolute atomic E-state index is 12.5. The third kappa shape index (κ3) is 4.34. The molecule has 0 saturated heterocycles. The molecule has 0 bridgehead atoms. The van der Waals surface area contributed by atoms with Crippen molar-refractivity contribution in [2.75, 3.05) is 18.4 Å². The predicted octanol–water partition coefficient (Wildman–Crippen LogP) is 3.51. The quantitative estimate of drug-likeness (QED) is 0.767. The van der Waals surface area contributed by atoms with Crippen molar-refractivity contribution in [1.29, 1.82) is 0 Å². The molecule has 0 saturated carbocycles. The van der Waals surface area contributed by atoms with E-state index in [4.69, 9.17) is 0 Å². The topological polar surface area (TPSA) is 54.0 Å². The summed E-state index contributed by atoms with van der Waals surface area (Å²) in [5, 5.41) is 6.39. The van der Waals surface area contributed by atoms with E-state index in [1.165, 1.54) is 11.1 Å². The number of hydrogen-bond donors (Lipinski definition) is 2. The lowest BCUT2D eigenvalue weighted by Crippen LogP contribution is -2.32. The summed E-state index contributed by atoms with van der Waals surface area (Å²) in [7, 11) is 0. The van der Waals surface area contributed by atoms with Gasteiger partial charge in [-0.05, 0) is 55.4 Å². The second kappa shape index (κ2) is 8.48. The number of fused-ring (bicyclic) bond motifs is 1. The number of nitrogens with one attached hydrogen (secondary N) is 2. The highest BCUT2D eigenvalue weighted by molar-refractivity contribution is 5.84. The highest BCUT2D eigenvalue weighted by Crippen LogP contribution is 2.31. The fourth-order valence-electron chi connectivity index (χ4n) is 3.29. The Morgan fingerprint density at radius 2 is 1.92 bits per heavy atom. The van der Waals surface area contributed by atoms with Crippen LogP contribution in [0.4, 0.5) is 5.82 Å². The molecule has 1 aromatic carbocycles. The fraction of sp³-hybridized carbons (Fsp3) is 0.400. The zero-order valence-corrected chi connectivity index (χ0v) is 14.0. The molecule has 1 aromatic heterocycles. The number of carbonyl (C=O) groups excluding carboxylic acids is 1. The molecule has 1 aliphatic rings. The summed E-state index contributed by atoms with van der Waals surface area (Å²) >= 11 is 0. The minimum atomic E-state index is 0.0293. The third-order valence-corrected chi connectivity index (χ3v) is 4.56. The Morgan fingerprint density at radius 1 is 1.08 bits per heavy atom. The summed E-state index contributed by atoms with van der Waals surface area (Å²) in [6.45, 7) is 1.61. The molecule has 24 heavy (non-hydrogen) atoms. The van der Waals surface area contributed by atoms with Crippen molar-refractivity contribution in [2.45, 2.75) is 38.0 Å². The number of carbonyl (C=O) groups is 1. The van der Waals surface area contributed by atoms with E-state index in [0.29, 0.717) is 0 Å². The first kappa shape index (κ1) is 16.5. The lowest BCUT2D eigenvalue weighted by atomic mass is 9.82. The van der Waals surface area contributed by atoms with Gasteiger partial charge in [-0.2, -0.15) is 0 Å². The fourth-order valence-corrected chi connectivity index (χ4v) is 3.29. The number of aryl methyl sites for hydroxylation is 1. The van der Waals surface area contributed by atoms with Crippen LogP contribution < -0.4 is 10.6 Å². The summed E-state index contributed by atoms with van der Waals surface area (Å²) in [6, 6.07) is 14.2. The van der Waals surface area contributed by atoms with Gasteiger partial charge in [0.2, 0.25) is 5.91 Å². The van der Waals surface area contributed by atoms with Gasteiger partial charge in [0.15, 0.2) is 0 Å². The van der Waals surface area contributed by atoms with Crippen LogP contribution in [0.1, 0.15) is 42.7 Å². The number of rotatable bonds is 7. The zero-order chi connectivity index (χ0) is 16.6. The van der Waals surface area contributed by atoms with E-state index in [0.717, 1.165) is 51.0 Å². The molecule has 4 heteroatoms. The zero-order valence-electron chi connectivity index (χ0n) is 14.0. The highest BCUT2D eigenvalue weighted by atomic mass is 16.1. The number of hydrogen-bond acceptors (Lipinski definition) is 3. The molecule has 1 amide bonds. The van der Waals surface area contributed by atoms with Gasteiger partial charge in [-0.1, -0.05) is 30.3 Å². The molecule has 2 aromatic rings. The van der Waals surface area contributed by atoms with Crippen LogP contribution >= 0.6 is 0 Å². The molecule has 4 nitrogen and oxygen atoms in total. The number of anilines is 1. The SMILES string of the molecule is O=C(NCCCCNc1ccccn1)C1CCCc2ccccc21. The molecule has 126 valence electrons. The third-order valence-electron chi connectivity index (χ3n) is 4.56. The maximum atomic E-state index is 12.5. The second-order valence-electron chi connectivity index (χ2n) is 6.28. The number of nitrogens with zero attached hydrogens (tertiary/aromatic N) is 1. The molecule has 0 spiro atoms. The average molecular weight is 323 g/mol. The summed E-state index contributed by atoms with van der Waals surface area (Å²) in [5.41, 5.74) is 2.56. The van der Waals surface area contributed by atoms with Gasteiger partial charge in [0.05, 0.1) is 5.92 Å². The van der Waals surface area contributed by atoms with E-state index in [-0.39, 0.29) is 11.8 Å². The molecule has 3 rings (SSSR count). The minimum Gasteiger partial charge on any atom is -0.370 e. The van der Waals surface area contributed by atoms with Gasteiger partial charge < -0.3 is 10.6 Å². The summed E-state index contributed by atoms with van der Waals surface area (Å²) < 4.78 is 0. The highest BCUT2D eigenvalue weighted by Gasteiger charge is 2.25. The minimum absolute atomic E-state index is 0.0293. The number of benzene rings is 1.